The second kappa shape index (κ2) is 4.00. The number of aromatic nitrogens is 4. The van der Waals surface area contributed by atoms with Crippen LogP contribution in [0.5, 0.6) is 0 Å². The third-order valence-corrected chi connectivity index (χ3v) is 2.68. The smallest absolute Gasteiger partial charge is 0.131 e. The largest absolute Gasteiger partial charge is 0.383 e. The fourth-order valence-corrected chi connectivity index (χ4v) is 1.76. The van der Waals surface area contributed by atoms with Crippen LogP contribution in [0.25, 0.3) is 11.3 Å². The molecule has 5 heteroatoms. The van der Waals surface area contributed by atoms with Gasteiger partial charge in [-0.25, -0.2) is 4.98 Å². The molecule has 0 aliphatic rings. The highest BCUT2D eigenvalue weighted by molar-refractivity contribution is 5.69. The van der Waals surface area contributed by atoms with E-state index in [4.69, 9.17) is 5.73 Å². The van der Waals surface area contributed by atoms with Gasteiger partial charge in [0, 0.05) is 32.3 Å². The first-order valence-electron chi connectivity index (χ1n) is 5.43. The quantitative estimate of drug-likeness (QED) is 0.847. The molecule has 0 unspecified atom stereocenters. The minimum atomic E-state index is 0.705. The van der Waals surface area contributed by atoms with Crippen LogP contribution in [0, 0.1) is 0 Å². The molecular weight excluding hydrogens is 202 g/mol. The number of hydrogen-bond acceptors (Lipinski definition) is 3. The van der Waals surface area contributed by atoms with Crippen molar-refractivity contribution in [1.82, 2.24) is 19.3 Å². The highest BCUT2D eigenvalue weighted by atomic mass is 15.2. The zero-order valence-corrected chi connectivity index (χ0v) is 9.94. The van der Waals surface area contributed by atoms with Crippen LogP contribution >= 0.6 is 0 Å². The van der Waals surface area contributed by atoms with E-state index in [2.05, 4.69) is 17.0 Å². The standard InChI is InChI=1S/C11H17N5/c1-4-5-9-14-10(11(12)16(9)3)8-6-13-15(2)7-8/h6-7H,4-5,12H2,1-3H3. The van der Waals surface area contributed by atoms with Crippen molar-refractivity contribution in [2.24, 2.45) is 14.1 Å². The van der Waals surface area contributed by atoms with E-state index in [0.717, 1.165) is 29.9 Å². The third kappa shape index (κ3) is 1.68. The Hall–Kier alpha value is -1.78. The van der Waals surface area contributed by atoms with Gasteiger partial charge in [0.15, 0.2) is 0 Å². The fraction of sp³-hybridized carbons (Fsp3) is 0.455. The minimum Gasteiger partial charge on any atom is -0.383 e. The van der Waals surface area contributed by atoms with Crippen molar-refractivity contribution < 1.29 is 0 Å². The van der Waals surface area contributed by atoms with Crippen LogP contribution in [0.2, 0.25) is 0 Å². The molecule has 2 aromatic rings. The lowest BCUT2D eigenvalue weighted by molar-refractivity contribution is 0.764. The molecule has 2 aromatic heterocycles. The predicted molar refractivity (Wildman–Crippen MR) is 63.8 cm³/mol. The summed E-state index contributed by atoms with van der Waals surface area (Å²) in [6.07, 6.45) is 5.72. The summed E-state index contributed by atoms with van der Waals surface area (Å²) in [6.45, 7) is 2.13. The summed E-state index contributed by atoms with van der Waals surface area (Å²) < 4.78 is 3.70. The van der Waals surface area contributed by atoms with E-state index >= 15 is 0 Å². The monoisotopic (exact) mass is 219 g/mol. The van der Waals surface area contributed by atoms with Gasteiger partial charge in [0.05, 0.1) is 6.20 Å². The second-order valence-corrected chi connectivity index (χ2v) is 3.97. The molecular formula is C11H17N5. The van der Waals surface area contributed by atoms with Crippen LogP contribution < -0.4 is 5.73 Å². The van der Waals surface area contributed by atoms with Crippen molar-refractivity contribution in [3.05, 3.63) is 18.2 Å². The molecule has 86 valence electrons. The summed E-state index contributed by atoms with van der Waals surface area (Å²) in [5.41, 5.74) is 7.84. The Morgan fingerprint density at radius 1 is 1.38 bits per heavy atom. The molecule has 2 rings (SSSR count). The van der Waals surface area contributed by atoms with Gasteiger partial charge in [-0.1, -0.05) is 6.92 Å². The average Bonchev–Trinajstić information content (AvgIpc) is 2.78. The first-order chi connectivity index (χ1) is 7.63. The maximum Gasteiger partial charge on any atom is 0.131 e. The third-order valence-electron chi connectivity index (χ3n) is 2.68. The van der Waals surface area contributed by atoms with Crippen LogP contribution in [0.4, 0.5) is 5.82 Å². The van der Waals surface area contributed by atoms with Crippen LogP contribution in [0.1, 0.15) is 19.2 Å². The number of hydrogen-bond donors (Lipinski definition) is 1. The molecule has 2 N–H and O–H groups in total. The molecule has 0 saturated heterocycles. The molecule has 5 nitrogen and oxygen atoms in total. The first kappa shape index (κ1) is 10.7. The maximum atomic E-state index is 6.04. The number of nitrogens with zero attached hydrogens (tertiary/aromatic N) is 4. The summed E-state index contributed by atoms with van der Waals surface area (Å²) in [4.78, 5) is 4.57. The van der Waals surface area contributed by atoms with Crippen LogP contribution in [0.3, 0.4) is 0 Å². The van der Waals surface area contributed by atoms with Crippen LogP contribution in [-0.4, -0.2) is 19.3 Å². The topological polar surface area (TPSA) is 61.7 Å². The van der Waals surface area contributed by atoms with Crippen LogP contribution in [-0.2, 0) is 20.5 Å². The number of rotatable bonds is 3. The maximum absolute atomic E-state index is 6.04. The summed E-state index contributed by atoms with van der Waals surface area (Å²) in [7, 11) is 3.84. The molecule has 0 aromatic carbocycles. The molecule has 16 heavy (non-hydrogen) atoms. The second-order valence-electron chi connectivity index (χ2n) is 3.97. The summed E-state index contributed by atoms with van der Waals surface area (Å²) in [5.74, 6) is 1.73. The molecule has 0 saturated carbocycles. The van der Waals surface area contributed by atoms with E-state index in [0.29, 0.717) is 5.82 Å². The number of aryl methyl sites for hydroxylation is 2. The normalized spacial score (nSPS) is 10.9. The first-order valence-corrected chi connectivity index (χ1v) is 5.43. The van der Waals surface area contributed by atoms with Gasteiger partial charge in [0.2, 0.25) is 0 Å². The van der Waals surface area contributed by atoms with Gasteiger partial charge in [-0.15, -0.1) is 0 Å². The van der Waals surface area contributed by atoms with Gasteiger partial charge in [-0.3, -0.25) is 4.68 Å². The summed E-state index contributed by atoms with van der Waals surface area (Å²) >= 11 is 0. The lowest BCUT2D eigenvalue weighted by Gasteiger charge is -1.99. The molecule has 0 radical (unpaired) electrons. The van der Waals surface area contributed by atoms with Gasteiger partial charge in [-0.05, 0) is 6.42 Å². The van der Waals surface area contributed by atoms with E-state index in [1.54, 1.807) is 10.9 Å². The zero-order valence-electron chi connectivity index (χ0n) is 9.94. The van der Waals surface area contributed by atoms with Crippen molar-refractivity contribution in [3.8, 4) is 11.3 Å². The Labute approximate surface area is 94.9 Å². The Morgan fingerprint density at radius 2 is 2.12 bits per heavy atom. The number of imidazole rings is 1. The Morgan fingerprint density at radius 3 is 2.69 bits per heavy atom. The van der Waals surface area contributed by atoms with E-state index in [1.165, 1.54) is 0 Å². The van der Waals surface area contributed by atoms with Crippen molar-refractivity contribution in [1.29, 1.82) is 0 Å². The SMILES string of the molecule is CCCc1nc(-c2cnn(C)c2)c(N)n1C. The Balaban J connectivity index is 2.45. The van der Waals surface area contributed by atoms with Gasteiger partial charge < -0.3 is 10.3 Å². The van der Waals surface area contributed by atoms with E-state index in [1.807, 2.05) is 24.9 Å². The number of nitrogens with two attached hydrogens (primary N) is 1. The van der Waals surface area contributed by atoms with Crippen LogP contribution in [0.15, 0.2) is 12.4 Å². The van der Waals surface area contributed by atoms with Crippen molar-refractivity contribution >= 4 is 5.82 Å². The van der Waals surface area contributed by atoms with Gasteiger partial charge in [0.1, 0.15) is 17.3 Å². The fourth-order valence-electron chi connectivity index (χ4n) is 1.76. The van der Waals surface area contributed by atoms with Crippen molar-refractivity contribution in [3.63, 3.8) is 0 Å². The molecule has 0 spiro atoms. The summed E-state index contributed by atoms with van der Waals surface area (Å²) in [6, 6.07) is 0. The molecule has 0 aliphatic heterocycles. The van der Waals surface area contributed by atoms with Gasteiger partial charge >= 0.3 is 0 Å². The molecule has 2 heterocycles. The summed E-state index contributed by atoms with van der Waals surface area (Å²) in [5, 5.41) is 4.13. The lowest BCUT2D eigenvalue weighted by atomic mass is 10.2. The van der Waals surface area contributed by atoms with E-state index < -0.39 is 0 Å². The minimum absolute atomic E-state index is 0.705. The van der Waals surface area contributed by atoms with Gasteiger partial charge in [0.25, 0.3) is 0 Å². The van der Waals surface area contributed by atoms with E-state index in [9.17, 15) is 0 Å². The predicted octanol–water partition coefficient (Wildman–Crippen LogP) is 1.36. The molecule has 0 amide bonds. The zero-order chi connectivity index (χ0) is 11.7. The number of anilines is 1. The molecule has 0 atom stereocenters. The highest BCUT2D eigenvalue weighted by Crippen LogP contribution is 2.25. The molecule has 0 bridgehead atoms. The highest BCUT2D eigenvalue weighted by Gasteiger charge is 2.14. The lowest BCUT2D eigenvalue weighted by Crippen LogP contribution is -2.01. The van der Waals surface area contributed by atoms with Crippen molar-refractivity contribution in [2.45, 2.75) is 19.8 Å². The van der Waals surface area contributed by atoms with Crippen molar-refractivity contribution in [2.75, 3.05) is 5.73 Å². The number of nitrogen functional groups attached to an aromatic ring is 1. The Bertz CT molecular complexity index is 494. The van der Waals surface area contributed by atoms with Gasteiger partial charge in [-0.2, -0.15) is 5.10 Å². The average molecular weight is 219 g/mol. The Kier molecular flexibility index (Phi) is 2.68. The van der Waals surface area contributed by atoms with E-state index in [-0.39, 0.29) is 0 Å². The molecule has 0 aliphatic carbocycles. The molecule has 0 fully saturated rings.